The summed E-state index contributed by atoms with van der Waals surface area (Å²) in [5, 5.41) is 13.3. The molecule has 8 heteroatoms. The van der Waals surface area contributed by atoms with E-state index in [4.69, 9.17) is 0 Å². The second-order valence-corrected chi connectivity index (χ2v) is 7.22. The highest BCUT2D eigenvalue weighted by Gasteiger charge is 2.21. The molecular weight excluding hydrogens is 376 g/mol. The van der Waals surface area contributed by atoms with E-state index in [1.807, 2.05) is 6.07 Å². The smallest absolute Gasteiger partial charge is 0.272 e. The van der Waals surface area contributed by atoms with Crippen LogP contribution in [-0.2, 0) is 19.4 Å². The number of H-pyrrole nitrogens is 1. The lowest BCUT2D eigenvalue weighted by molar-refractivity contribution is 0.0948. The van der Waals surface area contributed by atoms with Crippen LogP contribution in [0.15, 0.2) is 15.9 Å². The SMILES string of the molecule is Cl.O=C(NCCc1ccc(Br)s1)c1n[nH]c2c1CNCC2. The van der Waals surface area contributed by atoms with Crippen LogP contribution in [-0.4, -0.2) is 29.2 Å². The third kappa shape index (κ3) is 3.85. The number of hydrogen-bond acceptors (Lipinski definition) is 4. The summed E-state index contributed by atoms with van der Waals surface area (Å²) in [5.41, 5.74) is 2.61. The Bertz CT molecular complexity index is 627. The molecule has 2 aromatic rings. The molecule has 1 aliphatic heterocycles. The van der Waals surface area contributed by atoms with E-state index in [2.05, 4.69) is 42.8 Å². The number of nitrogens with one attached hydrogen (secondary N) is 3. The first-order valence-electron chi connectivity index (χ1n) is 6.53. The van der Waals surface area contributed by atoms with Gasteiger partial charge in [-0.3, -0.25) is 9.89 Å². The van der Waals surface area contributed by atoms with Crippen LogP contribution in [0.3, 0.4) is 0 Å². The predicted molar refractivity (Wildman–Crippen MR) is 89.3 cm³/mol. The van der Waals surface area contributed by atoms with Gasteiger partial charge in [0.25, 0.3) is 5.91 Å². The molecule has 0 atom stereocenters. The minimum absolute atomic E-state index is 0. The molecule has 0 fully saturated rings. The van der Waals surface area contributed by atoms with Gasteiger partial charge in [0.1, 0.15) is 0 Å². The van der Waals surface area contributed by atoms with Crippen molar-refractivity contribution in [2.24, 2.45) is 0 Å². The summed E-state index contributed by atoms with van der Waals surface area (Å²) in [7, 11) is 0. The maximum Gasteiger partial charge on any atom is 0.272 e. The monoisotopic (exact) mass is 390 g/mol. The molecule has 3 N–H and O–H groups in total. The summed E-state index contributed by atoms with van der Waals surface area (Å²) in [6.45, 7) is 2.27. The number of nitrogens with zero attached hydrogens (tertiary/aromatic N) is 1. The molecule has 0 spiro atoms. The number of carbonyl (C=O) groups is 1. The van der Waals surface area contributed by atoms with E-state index in [1.54, 1.807) is 11.3 Å². The number of carbonyl (C=O) groups excluding carboxylic acids is 1. The first kappa shape index (κ1) is 16.5. The summed E-state index contributed by atoms with van der Waals surface area (Å²) >= 11 is 5.13. The van der Waals surface area contributed by atoms with Crippen LogP contribution in [0.2, 0.25) is 0 Å². The molecule has 0 aromatic carbocycles. The summed E-state index contributed by atoms with van der Waals surface area (Å²) in [5.74, 6) is -0.0955. The number of hydrogen-bond donors (Lipinski definition) is 3. The Kier molecular flexibility index (Phi) is 5.80. The van der Waals surface area contributed by atoms with Crippen molar-refractivity contribution in [3.05, 3.63) is 37.7 Å². The fourth-order valence-electron chi connectivity index (χ4n) is 2.28. The van der Waals surface area contributed by atoms with E-state index in [1.165, 1.54) is 4.88 Å². The van der Waals surface area contributed by atoms with Gasteiger partial charge in [0.05, 0.1) is 3.79 Å². The van der Waals surface area contributed by atoms with Gasteiger partial charge in [-0.15, -0.1) is 23.7 Å². The van der Waals surface area contributed by atoms with Crippen LogP contribution in [0.1, 0.15) is 26.6 Å². The van der Waals surface area contributed by atoms with E-state index < -0.39 is 0 Å². The molecule has 0 saturated heterocycles. The third-order valence-corrected chi connectivity index (χ3v) is 4.99. The molecule has 1 amide bonds. The molecule has 3 heterocycles. The van der Waals surface area contributed by atoms with Crippen LogP contribution in [0.4, 0.5) is 0 Å². The zero-order valence-electron chi connectivity index (χ0n) is 11.2. The Hall–Kier alpha value is -0.890. The summed E-state index contributed by atoms with van der Waals surface area (Å²) in [6, 6.07) is 4.10. The van der Waals surface area contributed by atoms with Crippen LogP contribution < -0.4 is 10.6 Å². The standard InChI is InChI=1S/C13H15BrN4OS.ClH/c14-11-2-1-8(20-11)3-6-16-13(19)12-9-7-15-5-4-10(9)17-18-12;/h1-2,15H,3-7H2,(H,16,19)(H,17,18);1H. The zero-order valence-corrected chi connectivity index (χ0v) is 14.5. The second-order valence-electron chi connectivity index (χ2n) is 4.67. The van der Waals surface area contributed by atoms with Crippen LogP contribution >= 0.6 is 39.7 Å². The molecule has 1 aliphatic rings. The Morgan fingerprint density at radius 1 is 1.48 bits per heavy atom. The molecule has 0 bridgehead atoms. The van der Waals surface area contributed by atoms with Gasteiger partial charge in [-0.2, -0.15) is 5.10 Å². The van der Waals surface area contributed by atoms with Crippen molar-refractivity contribution in [1.82, 2.24) is 20.8 Å². The Labute approximate surface area is 141 Å². The maximum absolute atomic E-state index is 12.1. The summed E-state index contributed by atoms with van der Waals surface area (Å²) < 4.78 is 1.12. The number of aromatic amines is 1. The van der Waals surface area contributed by atoms with Crippen LogP contribution in [0.5, 0.6) is 0 Å². The van der Waals surface area contributed by atoms with Gasteiger partial charge in [0.2, 0.25) is 0 Å². The van der Waals surface area contributed by atoms with Crippen molar-refractivity contribution < 1.29 is 4.79 Å². The number of thiophene rings is 1. The molecular formula is C13H16BrClN4OS. The number of halogens is 2. The fourth-order valence-corrected chi connectivity index (χ4v) is 3.76. The topological polar surface area (TPSA) is 69.8 Å². The minimum atomic E-state index is -0.0955. The Morgan fingerprint density at radius 2 is 2.33 bits per heavy atom. The number of amides is 1. The van der Waals surface area contributed by atoms with Crippen molar-refractivity contribution in [2.75, 3.05) is 13.1 Å². The second kappa shape index (κ2) is 7.40. The first-order chi connectivity index (χ1) is 9.74. The summed E-state index contributed by atoms with van der Waals surface area (Å²) in [4.78, 5) is 13.4. The normalized spacial score (nSPS) is 13.4. The highest BCUT2D eigenvalue weighted by Crippen LogP contribution is 2.22. The van der Waals surface area contributed by atoms with Crippen molar-refractivity contribution in [2.45, 2.75) is 19.4 Å². The average molecular weight is 392 g/mol. The number of fused-ring (bicyclic) bond motifs is 1. The van der Waals surface area contributed by atoms with Gasteiger partial charge in [0, 0.05) is 42.2 Å². The lowest BCUT2D eigenvalue weighted by atomic mass is 10.1. The molecule has 21 heavy (non-hydrogen) atoms. The van der Waals surface area contributed by atoms with E-state index >= 15 is 0 Å². The maximum atomic E-state index is 12.1. The Balaban J connectivity index is 0.00000161. The largest absolute Gasteiger partial charge is 0.350 e. The number of rotatable bonds is 4. The molecule has 0 saturated carbocycles. The highest BCUT2D eigenvalue weighted by molar-refractivity contribution is 9.11. The minimum Gasteiger partial charge on any atom is -0.350 e. The molecule has 0 unspecified atom stereocenters. The van der Waals surface area contributed by atoms with Gasteiger partial charge >= 0.3 is 0 Å². The molecule has 0 aliphatic carbocycles. The van der Waals surface area contributed by atoms with Crippen LogP contribution in [0.25, 0.3) is 0 Å². The predicted octanol–water partition coefficient (Wildman–Crippen LogP) is 2.27. The van der Waals surface area contributed by atoms with Crippen molar-refractivity contribution >= 4 is 45.6 Å². The number of aromatic nitrogens is 2. The first-order valence-corrected chi connectivity index (χ1v) is 8.14. The quantitative estimate of drug-likeness (QED) is 0.749. The highest BCUT2D eigenvalue weighted by atomic mass is 79.9. The average Bonchev–Trinajstić information content (AvgIpc) is 3.05. The van der Waals surface area contributed by atoms with Crippen molar-refractivity contribution in [3.63, 3.8) is 0 Å². The van der Waals surface area contributed by atoms with Gasteiger partial charge in [0.15, 0.2) is 5.69 Å². The third-order valence-electron chi connectivity index (χ3n) is 3.31. The zero-order chi connectivity index (χ0) is 13.9. The van der Waals surface area contributed by atoms with Gasteiger partial charge in [-0.1, -0.05) is 0 Å². The summed E-state index contributed by atoms with van der Waals surface area (Å²) in [6.07, 6.45) is 1.74. The lowest BCUT2D eigenvalue weighted by Gasteiger charge is -2.12. The van der Waals surface area contributed by atoms with Crippen molar-refractivity contribution in [3.8, 4) is 0 Å². The molecule has 114 valence electrons. The fraction of sp³-hybridized carbons (Fsp3) is 0.385. The van der Waals surface area contributed by atoms with Gasteiger partial charge in [-0.25, -0.2) is 0 Å². The van der Waals surface area contributed by atoms with E-state index in [0.29, 0.717) is 18.8 Å². The molecule has 2 aromatic heterocycles. The molecule has 3 rings (SSSR count). The van der Waals surface area contributed by atoms with Crippen molar-refractivity contribution in [1.29, 1.82) is 0 Å². The van der Waals surface area contributed by atoms with Crippen LogP contribution in [0, 0.1) is 0 Å². The molecule has 5 nitrogen and oxygen atoms in total. The van der Waals surface area contributed by atoms with E-state index in [9.17, 15) is 4.79 Å². The van der Waals surface area contributed by atoms with Gasteiger partial charge in [-0.05, 0) is 34.5 Å². The molecule has 0 radical (unpaired) electrons. The van der Waals surface area contributed by atoms with E-state index in [-0.39, 0.29) is 18.3 Å². The lowest BCUT2D eigenvalue weighted by Crippen LogP contribution is -2.29. The van der Waals surface area contributed by atoms with Gasteiger partial charge < -0.3 is 10.6 Å². The Morgan fingerprint density at radius 3 is 3.10 bits per heavy atom. The van der Waals surface area contributed by atoms with E-state index in [0.717, 1.165) is 34.4 Å².